The largest absolute Gasteiger partial charge is 0.354 e. The number of benzene rings is 2. The second-order valence-electron chi connectivity index (χ2n) is 11.1. The van der Waals surface area contributed by atoms with E-state index in [0.29, 0.717) is 12.2 Å². The molecule has 0 unspecified atom stereocenters. The molecule has 4 aliphatic carbocycles. The van der Waals surface area contributed by atoms with Crippen LogP contribution in [0, 0.1) is 17.8 Å². The van der Waals surface area contributed by atoms with Crippen molar-refractivity contribution in [1.29, 1.82) is 0 Å². The van der Waals surface area contributed by atoms with Crippen molar-refractivity contribution in [2.45, 2.75) is 56.8 Å². The van der Waals surface area contributed by atoms with Crippen molar-refractivity contribution in [3.05, 3.63) is 65.7 Å². The molecule has 6 heteroatoms. The highest BCUT2D eigenvalue weighted by Crippen LogP contribution is 2.60. The molecule has 182 valence electrons. The second-order valence-corrected chi connectivity index (χ2v) is 13.0. The fraction of sp³-hybridized carbons (Fsp3) is 0.536. The molecule has 0 aromatic heterocycles. The number of rotatable bonds is 8. The number of sulfonamides is 1. The van der Waals surface area contributed by atoms with Gasteiger partial charge in [0.25, 0.3) is 0 Å². The van der Waals surface area contributed by atoms with E-state index < -0.39 is 10.0 Å². The lowest BCUT2D eigenvalue weighted by atomic mass is 9.48. The first-order valence-corrected chi connectivity index (χ1v) is 14.5. The molecule has 4 fully saturated rings. The van der Waals surface area contributed by atoms with Crippen LogP contribution in [0.2, 0.25) is 0 Å². The van der Waals surface area contributed by atoms with E-state index in [1.807, 2.05) is 49.4 Å². The Kier molecular flexibility index (Phi) is 6.21. The Labute approximate surface area is 204 Å². The van der Waals surface area contributed by atoms with Gasteiger partial charge >= 0.3 is 0 Å². The highest BCUT2D eigenvalue weighted by molar-refractivity contribution is 7.92. The number of carbonyl (C=O) groups is 1. The number of nitrogens with one attached hydrogen (secondary N) is 1. The molecular formula is C28H36N2O3S. The molecule has 1 amide bonds. The summed E-state index contributed by atoms with van der Waals surface area (Å²) in [7, 11) is -3.59. The molecular weight excluding hydrogens is 444 g/mol. The van der Waals surface area contributed by atoms with E-state index in [1.54, 1.807) is 0 Å². The molecule has 4 bridgehead atoms. The molecule has 1 atom stereocenters. The van der Waals surface area contributed by atoms with Crippen molar-refractivity contribution in [1.82, 2.24) is 5.32 Å². The lowest BCUT2D eigenvalue weighted by molar-refractivity contribution is -0.119. The average molecular weight is 481 g/mol. The maximum absolute atomic E-state index is 12.7. The van der Waals surface area contributed by atoms with E-state index in [-0.39, 0.29) is 23.8 Å². The number of anilines is 1. The van der Waals surface area contributed by atoms with Gasteiger partial charge in [0.2, 0.25) is 15.9 Å². The molecule has 0 radical (unpaired) electrons. The minimum absolute atomic E-state index is 0.149. The topological polar surface area (TPSA) is 66.5 Å². The number of carbonyl (C=O) groups excluding carboxylic acids is 1. The predicted molar refractivity (Wildman–Crippen MR) is 136 cm³/mol. The van der Waals surface area contributed by atoms with Gasteiger partial charge in [0.15, 0.2) is 0 Å². The number of hydrogen-bond acceptors (Lipinski definition) is 3. The number of nitrogens with zero attached hydrogens (tertiary/aromatic N) is 1. The van der Waals surface area contributed by atoms with Crippen LogP contribution in [0.4, 0.5) is 5.69 Å². The Bertz CT molecular complexity index is 1090. The average Bonchev–Trinajstić information content (AvgIpc) is 2.80. The molecule has 6 rings (SSSR count). The summed E-state index contributed by atoms with van der Waals surface area (Å²) < 4.78 is 26.4. The van der Waals surface area contributed by atoms with E-state index >= 15 is 0 Å². The van der Waals surface area contributed by atoms with Crippen molar-refractivity contribution >= 4 is 21.6 Å². The van der Waals surface area contributed by atoms with Crippen molar-refractivity contribution in [3.63, 3.8) is 0 Å². The molecule has 0 saturated heterocycles. The first-order valence-electron chi connectivity index (χ1n) is 12.6. The van der Waals surface area contributed by atoms with Gasteiger partial charge in [0.1, 0.15) is 6.54 Å². The van der Waals surface area contributed by atoms with Crippen LogP contribution >= 0.6 is 0 Å². The Morgan fingerprint density at radius 1 is 0.971 bits per heavy atom. The van der Waals surface area contributed by atoms with E-state index in [1.165, 1.54) is 54.6 Å². The van der Waals surface area contributed by atoms with Gasteiger partial charge < -0.3 is 5.32 Å². The Morgan fingerprint density at radius 2 is 1.53 bits per heavy atom. The minimum atomic E-state index is -3.59. The first-order chi connectivity index (χ1) is 16.2. The van der Waals surface area contributed by atoms with Crippen LogP contribution in [-0.4, -0.2) is 33.7 Å². The van der Waals surface area contributed by atoms with Crippen LogP contribution < -0.4 is 9.62 Å². The zero-order valence-corrected chi connectivity index (χ0v) is 21.1. The van der Waals surface area contributed by atoms with Crippen molar-refractivity contribution in [2.24, 2.45) is 17.8 Å². The van der Waals surface area contributed by atoms with Gasteiger partial charge in [-0.2, -0.15) is 0 Å². The molecule has 5 nitrogen and oxygen atoms in total. The maximum atomic E-state index is 12.7. The molecule has 0 spiro atoms. The number of hydrogen-bond donors (Lipinski definition) is 1. The highest BCUT2D eigenvalue weighted by atomic mass is 32.2. The van der Waals surface area contributed by atoms with Crippen molar-refractivity contribution in [3.8, 4) is 0 Å². The molecule has 34 heavy (non-hydrogen) atoms. The zero-order chi connectivity index (χ0) is 23.9. The summed E-state index contributed by atoms with van der Waals surface area (Å²) in [5.74, 6) is 2.44. The van der Waals surface area contributed by atoms with E-state index in [2.05, 4.69) is 17.4 Å². The maximum Gasteiger partial charge on any atom is 0.240 e. The molecule has 4 saturated carbocycles. The van der Waals surface area contributed by atoms with Crippen molar-refractivity contribution in [2.75, 3.05) is 23.7 Å². The Hall–Kier alpha value is -2.34. The third-order valence-electron chi connectivity index (χ3n) is 8.47. The molecule has 1 N–H and O–H groups in total. The predicted octanol–water partition coefficient (Wildman–Crippen LogP) is 4.84. The lowest BCUT2D eigenvalue weighted by Crippen LogP contribution is -2.48. The van der Waals surface area contributed by atoms with Crippen LogP contribution in [0.5, 0.6) is 0 Å². The van der Waals surface area contributed by atoms with Gasteiger partial charge in [-0.05, 0) is 90.9 Å². The Balaban J connectivity index is 1.27. The van der Waals surface area contributed by atoms with Gasteiger partial charge in [-0.1, -0.05) is 49.4 Å². The summed E-state index contributed by atoms with van der Waals surface area (Å²) >= 11 is 0. The zero-order valence-electron chi connectivity index (χ0n) is 20.2. The molecule has 2 aromatic rings. The Morgan fingerprint density at radius 3 is 2.06 bits per heavy atom. The van der Waals surface area contributed by atoms with E-state index in [9.17, 15) is 13.2 Å². The monoisotopic (exact) mass is 480 g/mol. The number of amides is 1. The summed E-state index contributed by atoms with van der Waals surface area (Å²) in [5, 5.41) is 2.91. The normalized spacial score (nSPS) is 28.5. The van der Waals surface area contributed by atoms with Gasteiger partial charge in [-0.25, -0.2) is 8.42 Å². The van der Waals surface area contributed by atoms with E-state index in [0.717, 1.165) is 23.3 Å². The molecule has 4 aliphatic rings. The highest BCUT2D eigenvalue weighted by Gasteiger charge is 2.51. The van der Waals surface area contributed by atoms with Gasteiger partial charge in [0, 0.05) is 6.54 Å². The smallest absolute Gasteiger partial charge is 0.240 e. The van der Waals surface area contributed by atoms with Crippen LogP contribution in [-0.2, 0) is 20.2 Å². The van der Waals surface area contributed by atoms with Gasteiger partial charge in [-0.3, -0.25) is 9.10 Å². The van der Waals surface area contributed by atoms with Gasteiger partial charge in [0.05, 0.1) is 11.9 Å². The first kappa shape index (κ1) is 23.4. The minimum Gasteiger partial charge on any atom is -0.354 e. The summed E-state index contributed by atoms with van der Waals surface area (Å²) in [6.07, 6.45) is 9.19. The quantitative estimate of drug-likeness (QED) is 0.588. The summed E-state index contributed by atoms with van der Waals surface area (Å²) in [4.78, 5) is 12.7. The van der Waals surface area contributed by atoms with Crippen LogP contribution in [0.25, 0.3) is 0 Å². The standard InChI is InChI=1S/C28H36N2O3S/c1-20(24-6-4-3-5-7-24)18-29-27(31)19-30(34(2,32)33)26-10-8-25(9-11-26)28-15-21-12-22(16-28)14-23(13-21)17-28/h3-11,20-23H,12-19H2,1-2H3,(H,29,31)/t20-,21?,22?,23?,28?/m0/s1. The van der Waals surface area contributed by atoms with E-state index in [4.69, 9.17) is 0 Å². The van der Waals surface area contributed by atoms with Crippen molar-refractivity contribution < 1.29 is 13.2 Å². The molecule has 2 aromatic carbocycles. The SMILES string of the molecule is C[C@@H](CNC(=O)CN(c1ccc(C23CC4CC(CC(C4)C2)C3)cc1)S(C)(=O)=O)c1ccccc1. The lowest BCUT2D eigenvalue weighted by Gasteiger charge is -2.57. The summed E-state index contributed by atoms with van der Waals surface area (Å²) in [5.41, 5.74) is 3.32. The fourth-order valence-electron chi connectivity index (χ4n) is 7.20. The third-order valence-corrected chi connectivity index (χ3v) is 9.61. The fourth-order valence-corrected chi connectivity index (χ4v) is 8.05. The summed E-state index contributed by atoms with van der Waals surface area (Å²) in [6, 6.07) is 18.0. The summed E-state index contributed by atoms with van der Waals surface area (Å²) in [6.45, 7) is 2.30. The molecule has 0 heterocycles. The van der Waals surface area contributed by atoms with Crippen LogP contribution in [0.3, 0.4) is 0 Å². The van der Waals surface area contributed by atoms with Crippen LogP contribution in [0.1, 0.15) is 62.5 Å². The van der Waals surface area contributed by atoms with Gasteiger partial charge in [-0.15, -0.1) is 0 Å². The van der Waals surface area contributed by atoms with Crippen LogP contribution in [0.15, 0.2) is 54.6 Å². The molecule has 0 aliphatic heterocycles. The second kappa shape index (κ2) is 9.03. The third kappa shape index (κ3) is 4.74.